The van der Waals surface area contributed by atoms with Crippen molar-refractivity contribution in [2.45, 2.75) is 39.9 Å². The maximum Gasteiger partial charge on any atom is 0.105 e. The van der Waals surface area contributed by atoms with Crippen LogP contribution in [0.5, 0.6) is 0 Å². The molecule has 0 unspecified atom stereocenters. The Bertz CT molecular complexity index is 533. The molecule has 0 spiro atoms. The quantitative estimate of drug-likeness (QED) is 0.757. The predicted octanol–water partition coefficient (Wildman–Crippen LogP) is 3.11. The molecule has 114 valence electrons. The standard InChI is InChI=1S/C17H25N3O/c1-4-8-18-10-15-5-6-17(19-11-15)13-20(3)12-16-7-9-21-14(16)2/h5-7,9,11,18H,4,8,10,12-13H2,1-3H3. The Morgan fingerprint density at radius 3 is 2.71 bits per heavy atom. The van der Waals surface area contributed by atoms with Crippen LogP contribution < -0.4 is 5.32 Å². The maximum atomic E-state index is 5.33. The zero-order valence-electron chi connectivity index (χ0n) is 13.2. The van der Waals surface area contributed by atoms with E-state index in [0.29, 0.717) is 0 Å². The minimum absolute atomic E-state index is 0.841. The van der Waals surface area contributed by atoms with E-state index in [-0.39, 0.29) is 0 Å². The third kappa shape index (κ3) is 4.99. The number of hydrogen-bond donors (Lipinski definition) is 1. The van der Waals surface area contributed by atoms with Gasteiger partial charge in [-0.2, -0.15) is 0 Å². The van der Waals surface area contributed by atoms with Crippen molar-refractivity contribution >= 4 is 0 Å². The molecule has 0 aliphatic rings. The van der Waals surface area contributed by atoms with Crippen LogP contribution in [0.3, 0.4) is 0 Å². The molecule has 4 heteroatoms. The van der Waals surface area contributed by atoms with Gasteiger partial charge < -0.3 is 9.73 Å². The molecule has 0 fully saturated rings. The van der Waals surface area contributed by atoms with Crippen molar-refractivity contribution in [1.82, 2.24) is 15.2 Å². The fraction of sp³-hybridized carbons (Fsp3) is 0.471. The second-order valence-corrected chi connectivity index (χ2v) is 5.51. The average Bonchev–Trinajstić information content (AvgIpc) is 2.86. The minimum atomic E-state index is 0.841. The Balaban J connectivity index is 1.83. The van der Waals surface area contributed by atoms with E-state index in [1.165, 1.54) is 11.1 Å². The normalized spacial score (nSPS) is 11.2. The van der Waals surface area contributed by atoms with Crippen LogP contribution in [0.4, 0.5) is 0 Å². The van der Waals surface area contributed by atoms with E-state index in [0.717, 1.165) is 44.1 Å². The van der Waals surface area contributed by atoms with Crippen molar-refractivity contribution in [3.05, 3.63) is 53.2 Å². The van der Waals surface area contributed by atoms with E-state index in [2.05, 4.69) is 41.3 Å². The SMILES string of the molecule is CCCNCc1ccc(CN(C)Cc2ccoc2C)nc1. The molecule has 2 aromatic rings. The lowest BCUT2D eigenvalue weighted by Gasteiger charge is -2.15. The lowest BCUT2D eigenvalue weighted by Crippen LogP contribution is -2.18. The number of aromatic nitrogens is 1. The lowest BCUT2D eigenvalue weighted by molar-refractivity contribution is 0.312. The van der Waals surface area contributed by atoms with Crippen LogP contribution in [-0.4, -0.2) is 23.5 Å². The first-order valence-electron chi connectivity index (χ1n) is 7.55. The molecule has 0 saturated carbocycles. The number of nitrogens with zero attached hydrogens (tertiary/aromatic N) is 2. The van der Waals surface area contributed by atoms with Crippen LogP contribution in [0.1, 0.15) is 35.9 Å². The summed E-state index contributed by atoms with van der Waals surface area (Å²) in [7, 11) is 2.10. The molecule has 2 aromatic heterocycles. The monoisotopic (exact) mass is 287 g/mol. The average molecular weight is 287 g/mol. The molecule has 0 saturated heterocycles. The van der Waals surface area contributed by atoms with Crippen molar-refractivity contribution < 1.29 is 4.42 Å². The third-order valence-corrected chi connectivity index (χ3v) is 3.48. The Morgan fingerprint density at radius 1 is 1.24 bits per heavy atom. The first kappa shape index (κ1) is 15.7. The number of pyridine rings is 1. The number of furan rings is 1. The summed E-state index contributed by atoms with van der Waals surface area (Å²) in [6, 6.07) is 6.30. The molecular formula is C17H25N3O. The number of rotatable bonds is 8. The summed E-state index contributed by atoms with van der Waals surface area (Å²) >= 11 is 0. The Labute approximate surface area is 127 Å². The van der Waals surface area contributed by atoms with Gasteiger partial charge in [-0.05, 0) is 44.6 Å². The van der Waals surface area contributed by atoms with Crippen molar-refractivity contribution in [2.75, 3.05) is 13.6 Å². The fourth-order valence-corrected chi connectivity index (χ4v) is 2.26. The molecule has 0 amide bonds. The molecule has 0 atom stereocenters. The largest absolute Gasteiger partial charge is 0.469 e. The van der Waals surface area contributed by atoms with E-state index < -0.39 is 0 Å². The van der Waals surface area contributed by atoms with Gasteiger partial charge in [0.15, 0.2) is 0 Å². The van der Waals surface area contributed by atoms with Crippen LogP contribution >= 0.6 is 0 Å². The van der Waals surface area contributed by atoms with Crippen molar-refractivity contribution in [3.8, 4) is 0 Å². The second-order valence-electron chi connectivity index (χ2n) is 5.51. The Kier molecular flexibility index (Phi) is 5.96. The Morgan fingerprint density at radius 2 is 2.10 bits per heavy atom. The molecule has 4 nitrogen and oxygen atoms in total. The summed E-state index contributed by atoms with van der Waals surface area (Å²) in [5.74, 6) is 0.993. The summed E-state index contributed by atoms with van der Waals surface area (Å²) in [6.07, 6.45) is 4.87. The van der Waals surface area contributed by atoms with Crippen molar-refractivity contribution in [3.63, 3.8) is 0 Å². The van der Waals surface area contributed by atoms with Crippen LogP contribution in [-0.2, 0) is 19.6 Å². The van der Waals surface area contributed by atoms with Crippen molar-refractivity contribution in [1.29, 1.82) is 0 Å². The van der Waals surface area contributed by atoms with Gasteiger partial charge >= 0.3 is 0 Å². The van der Waals surface area contributed by atoms with E-state index in [1.54, 1.807) is 6.26 Å². The zero-order chi connectivity index (χ0) is 15.1. The van der Waals surface area contributed by atoms with Gasteiger partial charge in [0, 0.05) is 31.4 Å². The van der Waals surface area contributed by atoms with Gasteiger partial charge in [0.05, 0.1) is 12.0 Å². The minimum Gasteiger partial charge on any atom is -0.469 e. The molecule has 0 aliphatic carbocycles. The highest BCUT2D eigenvalue weighted by Crippen LogP contribution is 2.12. The lowest BCUT2D eigenvalue weighted by atomic mass is 10.2. The van der Waals surface area contributed by atoms with E-state index >= 15 is 0 Å². The molecule has 2 heterocycles. The van der Waals surface area contributed by atoms with Gasteiger partial charge in [-0.3, -0.25) is 9.88 Å². The maximum absolute atomic E-state index is 5.33. The van der Waals surface area contributed by atoms with Gasteiger partial charge in [0.25, 0.3) is 0 Å². The molecule has 0 radical (unpaired) electrons. The predicted molar refractivity (Wildman–Crippen MR) is 84.9 cm³/mol. The summed E-state index contributed by atoms with van der Waals surface area (Å²) in [5, 5.41) is 3.39. The van der Waals surface area contributed by atoms with Crippen LogP contribution in [0.2, 0.25) is 0 Å². The van der Waals surface area contributed by atoms with Crippen LogP contribution in [0, 0.1) is 6.92 Å². The van der Waals surface area contributed by atoms with E-state index in [9.17, 15) is 0 Å². The summed E-state index contributed by atoms with van der Waals surface area (Å²) in [6.45, 7) is 7.84. The van der Waals surface area contributed by atoms with Gasteiger partial charge in [-0.1, -0.05) is 13.0 Å². The molecule has 2 rings (SSSR count). The second kappa shape index (κ2) is 7.96. The van der Waals surface area contributed by atoms with Crippen molar-refractivity contribution in [2.24, 2.45) is 0 Å². The van der Waals surface area contributed by atoms with Crippen LogP contribution in [0.25, 0.3) is 0 Å². The van der Waals surface area contributed by atoms with Gasteiger partial charge in [0.1, 0.15) is 5.76 Å². The fourth-order valence-electron chi connectivity index (χ4n) is 2.26. The van der Waals surface area contributed by atoms with Gasteiger partial charge in [-0.15, -0.1) is 0 Å². The van der Waals surface area contributed by atoms with Gasteiger partial charge in [0.2, 0.25) is 0 Å². The number of hydrogen-bond acceptors (Lipinski definition) is 4. The summed E-state index contributed by atoms with van der Waals surface area (Å²) in [5.41, 5.74) is 3.57. The topological polar surface area (TPSA) is 41.3 Å². The van der Waals surface area contributed by atoms with Gasteiger partial charge in [-0.25, -0.2) is 0 Å². The molecule has 0 bridgehead atoms. The van der Waals surface area contributed by atoms with E-state index in [1.807, 2.05) is 19.2 Å². The molecule has 1 N–H and O–H groups in total. The third-order valence-electron chi connectivity index (χ3n) is 3.48. The first-order chi connectivity index (χ1) is 10.2. The summed E-state index contributed by atoms with van der Waals surface area (Å²) in [4.78, 5) is 6.79. The summed E-state index contributed by atoms with van der Waals surface area (Å²) < 4.78 is 5.33. The van der Waals surface area contributed by atoms with E-state index in [4.69, 9.17) is 4.42 Å². The molecule has 21 heavy (non-hydrogen) atoms. The highest BCUT2D eigenvalue weighted by atomic mass is 16.3. The highest BCUT2D eigenvalue weighted by Gasteiger charge is 2.07. The Hall–Kier alpha value is -1.65. The first-order valence-corrected chi connectivity index (χ1v) is 7.55. The zero-order valence-corrected chi connectivity index (χ0v) is 13.2. The highest BCUT2D eigenvalue weighted by molar-refractivity contribution is 5.16. The molecule has 0 aliphatic heterocycles. The molecular weight excluding hydrogens is 262 g/mol. The number of nitrogens with one attached hydrogen (secondary N) is 1. The number of aryl methyl sites for hydroxylation is 1. The smallest absolute Gasteiger partial charge is 0.105 e. The molecule has 0 aromatic carbocycles. The van der Waals surface area contributed by atoms with Crippen LogP contribution in [0.15, 0.2) is 35.1 Å².